The zero-order chi connectivity index (χ0) is 15.9. The molecule has 0 saturated heterocycles. The summed E-state index contributed by atoms with van der Waals surface area (Å²) in [5.41, 5.74) is 2.46. The maximum atomic E-state index is 9.20. The number of allylic oxidation sites excluding steroid dienone is 1. The van der Waals surface area contributed by atoms with Gasteiger partial charge in [-0.1, -0.05) is 58.9 Å². The van der Waals surface area contributed by atoms with Crippen LogP contribution in [0.3, 0.4) is 0 Å². The molecule has 0 aliphatic carbocycles. The highest BCUT2D eigenvalue weighted by molar-refractivity contribution is 8.22. The van der Waals surface area contributed by atoms with Gasteiger partial charge in [0.2, 0.25) is 0 Å². The van der Waals surface area contributed by atoms with E-state index < -0.39 is 0 Å². The summed E-state index contributed by atoms with van der Waals surface area (Å²) in [5.74, 6) is 0. The van der Waals surface area contributed by atoms with E-state index in [1.54, 1.807) is 0 Å². The van der Waals surface area contributed by atoms with Crippen molar-refractivity contribution in [3.05, 3.63) is 69.5 Å². The average molecular weight is 322 g/mol. The first-order chi connectivity index (χ1) is 10.6. The van der Waals surface area contributed by atoms with Crippen molar-refractivity contribution in [1.82, 2.24) is 0 Å². The van der Waals surface area contributed by atoms with Crippen molar-refractivity contribution < 1.29 is 0 Å². The van der Waals surface area contributed by atoms with Crippen LogP contribution in [0.5, 0.6) is 0 Å². The van der Waals surface area contributed by atoms with Gasteiger partial charge < -0.3 is 0 Å². The largest absolute Gasteiger partial charge is 0.192 e. The van der Waals surface area contributed by atoms with Gasteiger partial charge in [-0.05, 0) is 38.1 Å². The standard InChI is InChI=1S/C18H14N2S2/c1-13-5-3-7-16(9-13)21-18(15(11-19)12-20)22-17-8-4-6-14(2)10-17/h3-10H,1-2H3. The summed E-state index contributed by atoms with van der Waals surface area (Å²) in [6.45, 7) is 4.05. The van der Waals surface area contributed by atoms with Gasteiger partial charge in [-0.3, -0.25) is 0 Å². The lowest BCUT2D eigenvalue weighted by molar-refractivity contribution is 1.36. The minimum Gasteiger partial charge on any atom is -0.192 e. The molecule has 0 aliphatic rings. The Morgan fingerprint density at radius 3 is 1.64 bits per heavy atom. The van der Waals surface area contributed by atoms with E-state index in [0.717, 1.165) is 20.9 Å². The molecule has 2 nitrogen and oxygen atoms in total. The molecule has 2 aromatic rings. The molecule has 0 heterocycles. The van der Waals surface area contributed by atoms with Crippen molar-refractivity contribution in [1.29, 1.82) is 10.5 Å². The van der Waals surface area contributed by atoms with Crippen LogP contribution in [0.1, 0.15) is 11.1 Å². The zero-order valence-electron chi connectivity index (χ0n) is 12.3. The summed E-state index contributed by atoms with van der Waals surface area (Å²) < 4.78 is 0.709. The van der Waals surface area contributed by atoms with Gasteiger partial charge >= 0.3 is 0 Å². The van der Waals surface area contributed by atoms with Gasteiger partial charge in [-0.25, -0.2) is 0 Å². The Hall–Kier alpha value is -2.14. The number of nitriles is 2. The monoisotopic (exact) mass is 322 g/mol. The van der Waals surface area contributed by atoms with Crippen LogP contribution in [-0.2, 0) is 0 Å². The molecule has 0 unspecified atom stereocenters. The highest BCUT2D eigenvalue weighted by Crippen LogP contribution is 2.41. The summed E-state index contributed by atoms with van der Waals surface area (Å²) >= 11 is 2.92. The van der Waals surface area contributed by atoms with Crippen molar-refractivity contribution in [2.24, 2.45) is 0 Å². The fraction of sp³-hybridized carbons (Fsp3) is 0.111. The van der Waals surface area contributed by atoms with Crippen molar-refractivity contribution in [2.45, 2.75) is 23.6 Å². The molecular weight excluding hydrogens is 308 g/mol. The second-order valence-corrected chi connectivity index (χ2v) is 7.15. The minimum atomic E-state index is 0.151. The quantitative estimate of drug-likeness (QED) is 0.555. The number of benzene rings is 2. The highest BCUT2D eigenvalue weighted by atomic mass is 32.2. The molecule has 0 amide bonds. The fourth-order valence-corrected chi connectivity index (χ4v) is 4.15. The third-order valence-electron chi connectivity index (χ3n) is 2.83. The lowest BCUT2D eigenvalue weighted by Crippen LogP contribution is -1.83. The summed E-state index contributed by atoms with van der Waals surface area (Å²) in [6, 6.07) is 20.1. The van der Waals surface area contributed by atoms with E-state index in [-0.39, 0.29) is 5.57 Å². The molecule has 0 bridgehead atoms. The molecule has 2 aromatic carbocycles. The molecule has 0 fully saturated rings. The molecule has 22 heavy (non-hydrogen) atoms. The van der Waals surface area contributed by atoms with Gasteiger partial charge in [0.25, 0.3) is 0 Å². The number of hydrogen-bond donors (Lipinski definition) is 0. The number of hydrogen-bond acceptors (Lipinski definition) is 4. The summed E-state index contributed by atoms with van der Waals surface area (Å²) in [4.78, 5) is 2.05. The Morgan fingerprint density at radius 1 is 0.818 bits per heavy atom. The molecule has 0 radical (unpaired) electrons. The Labute approximate surface area is 139 Å². The van der Waals surface area contributed by atoms with Crippen LogP contribution < -0.4 is 0 Å². The SMILES string of the molecule is Cc1cccc(SC(Sc2cccc(C)c2)=C(C#N)C#N)c1. The van der Waals surface area contributed by atoms with E-state index in [9.17, 15) is 10.5 Å². The van der Waals surface area contributed by atoms with Crippen molar-refractivity contribution in [3.63, 3.8) is 0 Å². The van der Waals surface area contributed by atoms with Crippen LogP contribution in [0.25, 0.3) is 0 Å². The van der Waals surface area contributed by atoms with Gasteiger partial charge in [0.15, 0.2) is 0 Å². The van der Waals surface area contributed by atoms with E-state index in [0.29, 0.717) is 4.24 Å². The van der Waals surface area contributed by atoms with Crippen LogP contribution >= 0.6 is 23.5 Å². The molecule has 4 heteroatoms. The van der Waals surface area contributed by atoms with Crippen LogP contribution in [0.15, 0.2) is 68.1 Å². The predicted octanol–water partition coefficient (Wildman–Crippen LogP) is 5.45. The molecule has 0 aliphatic heterocycles. The highest BCUT2D eigenvalue weighted by Gasteiger charge is 2.11. The third-order valence-corrected chi connectivity index (χ3v) is 5.09. The second kappa shape index (κ2) is 7.75. The maximum absolute atomic E-state index is 9.20. The third kappa shape index (κ3) is 4.43. The lowest BCUT2D eigenvalue weighted by atomic mass is 10.2. The molecule has 0 spiro atoms. The Kier molecular flexibility index (Phi) is 5.72. The van der Waals surface area contributed by atoms with E-state index in [1.165, 1.54) is 23.5 Å². The predicted molar refractivity (Wildman–Crippen MR) is 92.3 cm³/mol. The van der Waals surface area contributed by atoms with Crippen molar-refractivity contribution in [2.75, 3.05) is 0 Å². The van der Waals surface area contributed by atoms with Gasteiger partial charge in [0.05, 0.1) is 4.24 Å². The minimum absolute atomic E-state index is 0.151. The van der Waals surface area contributed by atoms with Crippen LogP contribution in [0.2, 0.25) is 0 Å². The van der Waals surface area contributed by atoms with Crippen LogP contribution in [0, 0.1) is 36.5 Å². The zero-order valence-corrected chi connectivity index (χ0v) is 14.0. The molecule has 0 aromatic heterocycles. The maximum Gasteiger partial charge on any atom is 0.150 e. The molecular formula is C18H14N2S2. The summed E-state index contributed by atoms with van der Waals surface area (Å²) in [5, 5.41) is 18.4. The molecule has 2 rings (SSSR count). The summed E-state index contributed by atoms with van der Waals surface area (Å²) in [7, 11) is 0. The number of aryl methyl sites for hydroxylation is 2. The Bertz CT molecular complexity index is 730. The normalized spacial score (nSPS) is 9.64. The van der Waals surface area contributed by atoms with E-state index >= 15 is 0 Å². The molecule has 0 saturated carbocycles. The van der Waals surface area contributed by atoms with Crippen LogP contribution in [-0.4, -0.2) is 0 Å². The van der Waals surface area contributed by atoms with Crippen molar-refractivity contribution >= 4 is 23.5 Å². The van der Waals surface area contributed by atoms with Gasteiger partial charge in [0.1, 0.15) is 17.7 Å². The van der Waals surface area contributed by atoms with E-state index in [2.05, 4.69) is 0 Å². The van der Waals surface area contributed by atoms with E-state index in [4.69, 9.17) is 0 Å². The molecule has 0 N–H and O–H groups in total. The molecule has 108 valence electrons. The van der Waals surface area contributed by atoms with Crippen LogP contribution in [0.4, 0.5) is 0 Å². The topological polar surface area (TPSA) is 47.6 Å². The first-order valence-electron chi connectivity index (χ1n) is 6.66. The smallest absolute Gasteiger partial charge is 0.150 e. The first-order valence-corrected chi connectivity index (χ1v) is 8.29. The van der Waals surface area contributed by atoms with Gasteiger partial charge in [-0.2, -0.15) is 10.5 Å². The molecule has 0 atom stereocenters. The Balaban J connectivity index is 2.35. The van der Waals surface area contributed by atoms with Crippen molar-refractivity contribution in [3.8, 4) is 12.1 Å². The lowest BCUT2D eigenvalue weighted by Gasteiger charge is -2.08. The number of thioether (sulfide) groups is 2. The Morgan fingerprint density at radius 2 is 1.27 bits per heavy atom. The second-order valence-electron chi connectivity index (χ2n) is 4.72. The van der Waals surface area contributed by atoms with Gasteiger partial charge in [0, 0.05) is 9.79 Å². The number of rotatable bonds is 4. The van der Waals surface area contributed by atoms with Gasteiger partial charge in [-0.15, -0.1) is 0 Å². The van der Waals surface area contributed by atoms with E-state index in [1.807, 2.05) is 74.5 Å². The average Bonchev–Trinajstić information content (AvgIpc) is 2.48. The fourth-order valence-electron chi connectivity index (χ4n) is 1.81. The number of nitrogens with zero attached hydrogens (tertiary/aromatic N) is 2. The summed E-state index contributed by atoms with van der Waals surface area (Å²) in [6.07, 6.45) is 0. The first kappa shape index (κ1) is 16.2.